The van der Waals surface area contributed by atoms with Crippen molar-refractivity contribution in [2.24, 2.45) is 7.05 Å². The van der Waals surface area contributed by atoms with Gasteiger partial charge < -0.3 is 10.1 Å². The second-order valence-electron chi connectivity index (χ2n) is 5.59. The number of thiophene rings is 1. The summed E-state index contributed by atoms with van der Waals surface area (Å²) in [6, 6.07) is 3.66. The lowest BCUT2D eigenvalue weighted by Crippen LogP contribution is -2.38. The quantitative estimate of drug-likeness (QED) is 0.765. The Balaban J connectivity index is 1.41. The molecule has 0 bridgehead atoms. The number of hydrogen-bond donors (Lipinski definition) is 1. The Labute approximate surface area is 142 Å². The predicted octanol–water partition coefficient (Wildman–Crippen LogP) is 1.07. The highest BCUT2D eigenvalue weighted by atomic mass is 32.1. The second kappa shape index (κ2) is 6.17. The third-order valence-electron chi connectivity index (χ3n) is 3.88. The third kappa shape index (κ3) is 2.83. The van der Waals surface area contributed by atoms with E-state index < -0.39 is 0 Å². The fourth-order valence-electron chi connectivity index (χ4n) is 2.66. The highest BCUT2D eigenvalue weighted by Crippen LogP contribution is 2.24. The van der Waals surface area contributed by atoms with Gasteiger partial charge in [-0.1, -0.05) is 11.3 Å². The maximum absolute atomic E-state index is 12.0. The lowest BCUT2D eigenvalue weighted by Gasteiger charge is -2.24. The highest BCUT2D eigenvalue weighted by Gasteiger charge is 2.25. The first-order chi connectivity index (χ1) is 11.7. The smallest absolute Gasteiger partial charge is 0.261 e. The number of carbonyl (C=O) groups excluding carboxylic acids is 1. The Morgan fingerprint density at radius 2 is 2.46 bits per heavy atom. The third-order valence-corrected chi connectivity index (χ3v) is 4.75. The minimum atomic E-state index is -0.120. The molecule has 4 heterocycles. The van der Waals surface area contributed by atoms with Gasteiger partial charge in [-0.05, 0) is 11.4 Å². The molecular weight excluding hydrogens is 328 g/mol. The number of nitrogens with one attached hydrogen (secondary N) is 1. The van der Waals surface area contributed by atoms with Crippen molar-refractivity contribution >= 4 is 17.2 Å². The lowest BCUT2D eigenvalue weighted by molar-refractivity contribution is 0.00179. The number of nitrogens with zero attached hydrogens (tertiary/aromatic N) is 5. The topological polar surface area (TPSA) is 86.9 Å². The van der Waals surface area contributed by atoms with Gasteiger partial charge >= 0.3 is 0 Å². The Morgan fingerprint density at radius 1 is 1.54 bits per heavy atom. The van der Waals surface area contributed by atoms with Crippen LogP contribution < -0.4 is 5.32 Å². The number of aromatic nitrogens is 5. The van der Waals surface area contributed by atoms with Gasteiger partial charge in [0.1, 0.15) is 5.69 Å². The maximum atomic E-state index is 12.0. The van der Waals surface area contributed by atoms with Gasteiger partial charge in [0.15, 0.2) is 0 Å². The minimum Gasteiger partial charge on any atom is -0.368 e. The van der Waals surface area contributed by atoms with Crippen LogP contribution in [0.5, 0.6) is 0 Å². The molecule has 124 valence electrons. The Morgan fingerprint density at radius 3 is 3.21 bits per heavy atom. The zero-order valence-corrected chi connectivity index (χ0v) is 13.9. The van der Waals surface area contributed by atoms with Crippen molar-refractivity contribution in [1.29, 1.82) is 0 Å². The number of ether oxygens (including phenoxy) is 1. The molecule has 0 aliphatic carbocycles. The van der Waals surface area contributed by atoms with Crippen LogP contribution in [0.4, 0.5) is 0 Å². The van der Waals surface area contributed by atoms with Gasteiger partial charge in [0.2, 0.25) is 0 Å². The summed E-state index contributed by atoms with van der Waals surface area (Å²) >= 11 is 1.42. The van der Waals surface area contributed by atoms with E-state index >= 15 is 0 Å². The Hall–Kier alpha value is -2.52. The zero-order valence-electron chi connectivity index (χ0n) is 13.0. The minimum absolute atomic E-state index is 0.0750. The molecule has 0 saturated carbocycles. The van der Waals surface area contributed by atoms with Gasteiger partial charge in [-0.25, -0.2) is 4.68 Å². The van der Waals surface area contributed by atoms with Crippen molar-refractivity contribution < 1.29 is 9.53 Å². The summed E-state index contributed by atoms with van der Waals surface area (Å²) in [5.41, 5.74) is 2.65. The van der Waals surface area contributed by atoms with Gasteiger partial charge in [-0.3, -0.25) is 9.48 Å². The van der Waals surface area contributed by atoms with E-state index in [0.29, 0.717) is 24.6 Å². The van der Waals surface area contributed by atoms with Crippen molar-refractivity contribution in [3.63, 3.8) is 0 Å². The average molecular weight is 344 g/mol. The van der Waals surface area contributed by atoms with Crippen molar-refractivity contribution in [3.05, 3.63) is 40.5 Å². The molecule has 9 heteroatoms. The standard InChI is InChI=1S/C15H16N6O2S/c1-20-7-10(5-17-20)14-12-9-23-11(8-21(12)19-18-14)6-16-15(22)13-3-2-4-24-13/h2-5,7,11H,6,8-9H2,1H3,(H,16,22)/t11-/m1/s1. The van der Waals surface area contributed by atoms with Crippen molar-refractivity contribution in [2.45, 2.75) is 19.3 Å². The molecule has 1 aliphatic heterocycles. The summed E-state index contributed by atoms with van der Waals surface area (Å²) in [6.45, 7) is 1.42. The van der Waals surface area contributed by atoms with E-state index in [1.54, 1.807) is 16.9 Å². The van der Waals surface area contributed by atoms with Crippen molar-refractivity contribution in [1.82, 2.24) is 30.1 Å². The number of amides is 1. The number of fused-ring (bicyclic) bond motifs is 1. The van der Waals surface area contributed by atoms with Gasteiger partial charge in [0, 0.05) is 25.4 Å². The summed E-state index contributed by atoms with van der Waals surface area (Å²) in [7, 11) is 1.86. The van der Waals surface area contributed by atoms with E-state index in [0.717, 1.165) is 17.0 Å². The van der Waals surface area contributed by atoms with E-state index in [1.807, 2.05) is 29.4 Å². The molecule has 4 rings (SSSR count). The molecule has 8 nitrogen and oxygen atoms in total. The van der Waals surface area contributed by atoms with Crippen molar-refractivity contribution in [2.75, 3.05) is 6.54 Å². The first-order valence-corrected chi connectivity index (χ1v) is 8.43. The SMILES string of the molecule is Cn1cc(-c2nnn3c2CO[C@H](CNC(=O)c2cccs2)C3)cn1. The fraction of sp³-hybridized carbons (Fsp3) is 0.333. The van der Waals surface area contributed by atoms with Crippen LogP contribution in [-0.2, 0) is 24.9 Å². The molecule has 0 radical (unpaired) electrons. The van der Waals surface area contributed by atoms with Crippen LogP contribution >= 0.6 is 11.3 Å². The van der Waals surface area contributed by atoms with Crippen LogP contribution in [0.25, 0.3) is 11.3 Å². The monoisotopic (exact) mass is 344 g/mol. The molecule has 0 unspecified atom stereocenters. The van der Waals surface area contributed by atoms with E-state index in [1.165, 1.54) is 11.3 Å². The van der Waals surface area contributed by atoms with E-state index in [2.05, 4.69) is 20.7 Å². The van der Waals surface area contributed by atoms with Gasteiger partial charge in [-0.2, -0.15) is 5.10 Å². The summed E-state index contributed by atoms with van der Waals surface area (Å²) < 4.78 is 9.43. The number of carbonyl (C=O) groups is 1. The van der Waals surface area contributed by atoms with Crippen LogP contribution in [0.3, 0.4) is 0 Å². The van der Waals surface area contributed by atoms with E-state index in [-0.39, 0.29) is 12.0 Å². The molecule has 1 aliphatic rings. The summed E-state index contributed by atoms with van der Waals surface area (Å²) in [4.78, 5) is 12.7. The molecule has 0 spiro atoms. The summed E-state index contributed by atoms with van der Waals surface area (Å²) in [5.74, 6) is -0.0750. The molecular formula is C15H16N6O2S. The molecule has 24 heavy (non-hydrogen) atoms. The van der Waals surface area contributed by atoms with Crippen LogP contribution in [-0.4, -0.2) is 43.3 Å². The molecule has 1 N–H and O–H groups in total. The number of aryl methyl sites for hydroxylation is 1. The largest absolute Gasteiger partial charge is 0.368 e. The first-order valence-electron chi connectivity index (χ1n) is 7.55. The molecule has 3 aromatic heterocycles. The summed E-state index contributed by atoms with van der Waals surface area (Å²) in [6.07, 6.45) is 3.54. The van der Waals surface area contributed by atoms with Crippen LogP contribution in [0, 0.1) is 0 Å². The van der Waals surface area contributed by atoms with Crippen molar-refractivity contribution in [3.8, 4) is 11.3 Å². The lowest BCUT2D eigenvalue weighted by atomic mass is 10.2. The molecule has 0 saturated heterocycles. The molecule has 3 aromatic rings. The Bertz CT molecular complexity index is 853. The van der Waals surface area contributed by atoms with Crippen LogP contribution in [0.2, 0.25) is 0 Å². The van der Waals surface area contributed by atoms with Crippen LogP contribution in [0.1, 0.15) is 15.4 Å². The fourth-order valence-corrected chi connectivity index (χ4v) is 3.30. The first kappa shape index (κ1) is 15.0. The molecule has 0 fully saturated rings. The predicted molar refractivity (Wildman–Crippen MR) is 87.5 cm³/mol. The zero-order chi connectivity index (χ0) is 16.5. The van der Waals surface area contributed by atoms with E-state index in [4.69, 9.17) is 4.74 Å². The van der Waals surface area contributed by atoms with Gasteiger partial charge in [0.25, 0.3) is 5.91 Å². The molecule has 0 aromatic carbocycles. The number of rotatable bonds is 4. The average Bonchev–Trinajstić information content (AvgIpc) is 3.32. The van der Waals surface area contributed by atoms with Gasteiger partial charge in [-0.15, -0.1) is 16.4 Å². The van der Waals surface area contributed by atoms with Crippen LogP contribution in [0.15, 0.2) is 29.9 Å². The van der Waals surface area contributed by atoms with Gasteiger partial charge in [0.05, 0.1) is 36.0 Å². The molecule has 1 amide bonds. The Kier molecular flexibility index (Phi) is 3.87. The number of hydrogen-bond acceptors (Lipinski definition) is 6. The second-order valence-corrected chi connectivity index (χ2v) is 6.54. The highest BCUT2D eigenvalue weighted by molar-refractivity contribution is 7.12. The normalized spacial score (nSPS) is 16.8. The summed E-state index contributed by atoms with van der Waals surface area (Å²) in [5, 5.41) is 17.4. The molecule has 1 atom stereocenters. The maximum Gasteiger partial charge on any atom is 0.261 e. The van der Waals surface area contributed by atoms with E-state index in [9.17, 15) is 4.79 Å².